The lowest BCUT2D eigenvalue weighted by Gasteiger charge is -2.29. The number of nitrogens with one attached hydrogen (secondary N) is 1. The second-order valence-corrected chi connectivity index (χ2v) is 5.25. The van der Waals surface area contributed by atoms with Gasteiger partial charge in [0.1, 0.15) is 0 Å². The molecule has 1 aliphatic heterocycles. The van der Waals surface area contributed by atoms with Gasteiger partial charge in [-0.1, -0.05) is 0 Å². The highest BCUT2D eigenvalue weighted by molar-refractivity contribution is 7.88. The quantitative estimate of drug-likeness (QED) is 0.542. The molecule has 1 rings (SSSR count). The lowest BCUT2D eigenvalue weighted by Crippen LogP contribution is -2.43. The smallest absolute Gasteiger partial charge is 0.208 e. The summed E-state index contributed by atoms with van der Waals surface area (Å²) in [4.78, 5) is 2.21. The predicted octanol–water partition coefficient (Wildman–Crippen LogP) is -1.45. The van der Waals surface area contributed by atoms with Gasteiger partial charge < -0.3 is 4.81 Å². The van der Waals surface area contributed by atoms with Crippen LogP contribution in [0.5, 0.6) is 0 Å². The van der Waals surface area contributed by atoms with Gasteiger partial charge in [0, 0.05) is 6.04 Å². The van der Waals surface area contributed by atoms with Crippen LogP contribution in [0, 0.1) is 0 Å². The van der Waals surface area contributed by atoms with E-state index in [1.807, 2.05) is 0 Å². The van der Waals surface area contributed by atoms with Gasteiger partial charge >= 0.3 is 0 Å². The van der Waals surface area contributed by atoms with E-state index < -0.39 is 10.0 Å². The van der Waals surface area contributed by atoms with Crippen molar-refractivity contribution in [1.82, 2.24) is 9.53 Å². The van der Waals surface area contributed by atoms with E-state index in [4.69, 9.17) is 0 Å². The number of hydrogen-bond donors (Lipinski definition) is 1. The number of sulfonamides is 1. The van der Waals surface area contributed by atoms with Crippen molar-refractivity contribution < 1.29 is 8.42 Å². The van der Waals surface area contributed by atoms with Crippen LogP contribution in [0.3, 0.4) is 0 Å². The Morgan fingerprint density at radius 1 is 1.42 bits per heavy atom. The molecule has 0 aromatic rings. The maximum absolute atomic E-state index is 10.9. The van der Waals surface area contributed by atoms with E-state index in [2.05, 4.69) is 17.5 Å². The molecule has 0 spiro atoms. The first-order chi connectivity index (χ1) is 5.47. The molecule has 1 saturated heterocycles. The Morgan fingerprint density at radius 2 is 1.92 bits per heavy atom. The van der Waals surface area contributed by atoms with Crippen LogP contribution >= 0.6 is 0 Å². The minimum atomic E-state index is -3.01. The zero-order chi connectivity index (χ0) is 9.19. The summed E-state index contributed by atoms with van der Waals surface area (Å²) in [6, 6.07) is 0.149. The average Bonchev–Trinajstić information content (AvgIpc) is 1.91. The van der Waals surface area contributed by atoms with Crippen molar-refractivity contribution in [2.75, 3.05) is 19.3 Å². The number of hydrogen-bond acceptors (Lipinski definition) is 3. The fraction of sp³-hybridized carbons (Fsp3) is 1.00. The van der Waals surface area contributed by atoms with E-state index in [9.17, 15) is 8.42 Å². The Kier molecular flexibility index (Phi) is 3.14. The van der Waals surface area contributed by atoms with Crippen LogP contribution in [0.25, 0.3) is 0 Å². The second kappa shape index (κ2) is 3.76. The standard InChI is InChI=1S/C6H15BN2O2S/c1-12(10,11)8-6-2-4-9(7)5-3-6/h6,8H,2-5,7H2,1H3. The van der Waals surface area contributed by atoms with E-state index in [1.165, 1.54) is 6.26 Å². The Balaban J connectivity index is 2.36. The maximum Gasteiger partial charge on any atom is 0.208 e. The van der Waals surface area contributed by atoms with Crippen LogP contribution in [0.1, 0.15) is 12.8 Å². The fourth-order valence-corrected chi connectivity index (χ4v) is 2.27. The molecule has 4 nitrogen and oxygen atoms in total. The van der Waals surface area contributed by atoms with Crippen LogP contribution in [0.4, 0.5) is 0 Å². The van der Waals surface area contributed by atoms with Gasteiger partial charge in [0.2, 0.25) is 10.0 Å². The third kappa shape index (κ3) is 3.56. The molecule has 1 aliphatic rings. The van der Waals surface area contributed by atoms with Gasteiger partial charge in [0.25, 0.3) is 0 Å². The zero-order valence-corrected chi connectivity index (χ0v) is 8.39. The van der Waals surface area contributed by atoms with Crippen molar-refractivity contribution >= 4 is 18.0 Å². The summed E-state index contributed by atoms with van der Waals surface area (Å²) in [5.74, 6) is 0. The van der Waals surface area contributed by atoms with Crippen LogP contribution in [0.15, 0.2) is 0 Å². The molecule has 1 fully saturated rings. The molecule has 1 heterocycles. The first-order valence-corrected chi connectivity index (χ1v) is 6.02. The lowest BCUT2D eigenvalue weighted by molar-refractivity contribution is 0.321. The first kappa shape index (κ1) is 10.0. The molecule has 0 aliphatic carbocycles. The van der Waals surface area contributed by atoms with Crippen molar-refractivity contribution in [3.05, 3.63) is 0 Å². The summed E-state index contributed by atoms with van der Waals surface area (Å²) in [6.45, 7) is 1.96. The SMILES string of the molecule is BN1CCC(NS(C)(=O)=O)CC1. The number of rotatable bonds is 2. The fourth-order valence-electron chi connectivity index (χ4n) is 1.43. The third-order valence-corrected chi connectivity index (χ3v) is 2.86. The molecule has 0 radical (unpaired) electrons. The number of nitrogens with zero attached hydrogens (tertiary/aromatic N) is 1. The van der Waals surface area contributed by atoms with E-state index in [0.717, 1.165) is 25.9 Å². The lowest BCUT2D eigenvalue weighted by atomic mass is 10.0. The second-order valence-electron chi connectivity index (χ2n) is 3.47. The molecule has 12 heavy (non-hydrogen) atoms. The zero-order valence-electron chi connectivity index (χ0n) is 7.58. The summed E-state index contributed by atoms with van der Waals surface area (Å²) in [6.07, 6.45) is 3.05. The summed E-state index contributed by atoms with van der Waals surface area (Å²) in [5.41, 5.74) is 0. The molecule has 0 bridgehead atoms. The van der Waals surface area contributed by atoms with Crippen molar-refractivity contribution in [2.45, 2.75) is 18.9 Å². The Labute approximate surface area is 74.8 Å². The number of piperidine rings is 1. The molecule has 6 heteroatoms. The van der Waals surface area contributed by atoms with Crippen LogP contribution < -0.4 is 4.72 Å². The van der Waals surface area contributed by atoms with E-state index in [0.29, 0.717) is 0 Å². The van der Waals surface area contributed by atoms with Gasteiger partial charge in [-0.15, -0.1) is 0 Å². The molecule has 0 unspecified atom stereocenters. The molecule has 70 valence electrons. The average molecular weight is 190 g/mol. The van der Waals surface area contributed by atoms with Crippen molar-refractivity contribution in [3.8, 4) is 0 Å². The Hall–Kier alpha value is -0.0651. The molecule has 0 aromatic heterocycles. The first-order valence-electron chi connectivity index (χ1n) is 4.13. The normalized spacial score (nSPS) is 22.8. The molecular formula is C6H15BN2O2S. The monoisotopic (exact) mass is 190 g/mol. The highest BCUT2D eigenvalue weighted by Crippen LogP contribution is 2.08. The molecule has 0 amide bonds. The van der Waals surface area contributed by atoms with E-state index >= 15 is 0 Å². The van der Waals surface area contributed by atoms with E-state index in [1.54, 1.807) is 0 Å². The van der Waals surface area contributed by atoms with Gasteiger partial charge in [-0.25, -0.2) is 13.1 Å². The molecule has 0 atom stereocenters. The Bertz CT molecular complexity index is 234. The Morgan fingerprint density at radius 3 is 2.33 bits per heavy atom. The van der Waals surface area contributed by atoms with Gasteiger partial charge in [-0.05, 0) is 25.9 Å². The topological polar surface area (TPSA) is 49.4 Å². The van der Waals surface area contributed by atoms with Crippen LogP contribution in [-0.4, -0.2) is 46.6 Å². The van der Waals surface area contributed by atoms with Gasteiger partial charge in [0.05, 0.1) is 6.26 Å². The van der Waals surface area contributed by atoms with Crippen LogP contribution in [-0.2, 0) is 10.0 Å². The highest BCUT2D eigenvalue weighted by Gasteiger charge is 2.18. The van der Waals surface area contributed by atoms with Gasteiger partial charge in [0.15, 0.2) is 7.98 Å². The maximum atomic E-state index is 10.9. The third-order valence-electron chi connectivity index (χ3n) is 2.10. The minimum absolute atomic E-state index is 0.149. The molecule has 0 aromatic carbocycles. The highest BCUT2D eigenvalue weighted by atomic mass is 32.2. The largest absolute Gasteiger partial charge is 0.349 e. The predicted molar refractivity (Wildman–Crippen MR) is 51.1 cm³/mol. The van der Waals surface area contributed by atoms with Gasteiger partial charge in [-0.3, -0.25) is 0 Å². The summed E-state index contributed by atoms with van der Waals surface area (Å²) in [7, 11) is -0.958. The van der Waals surface area contributed by atoms with Crippen molar-refractivity contribution in [2.24, 2.45) is 0 Å². The summed E-state index contributed by atoms with van der Waals surface area (Å²) >= 11 is 0. The van der Waals surface area contributed by atoms with Crippen molar-refractivity contribution in [3.63, 3.8) is 0 Å². The van der Waals surface area contributed by atoms with E-state index in [-0.39, 0.29) is 6.04 Å². The molecule has 1 N–H and O–H groups in total. The molecule has 0 saturated carbocycles. The summed E-state index contributed by atoms with van der Waals surface area (Å²) in [5, 5.41) is 0. The van der Waals surface area contributed by atoms with Gasteiger partial charge in [-0.2, -0.15) is 0 Å². The molecular weight excluding hydrogens is 175 g/mol. The summed E-state index contributed by atoms with van der Waals surface area (Å²) < 4.78 is 24.3. The van der Waals surface area contributed by atoms with Crippen LogP contribution in [0.2, 0.25) is 0 Å². The van der Waals surface area contributed by atoms with Crippen molar-refractivity contribution in [1.29, 1.82) is 0 Å². The minimum Gasteiger partial charge on any atom is -0.349 e.